The minimum Gasteiger partial charge on any atom is -0.464 e. The van der Waals surface area contributed by atoms with E-state index in [9.17, 15) is 4.79 Å². The third-order valence-corrected chi connectivity index (χ3v) is 2.40. The Kier molecular flexibility index (Phi) is 2.19. The highest BCUT2D eigenvalue weighted by atomic mass is 79.9. The van der Waals surface area contributed by atoms with Gasteiger partial charge < -0.3 is 4.74 Å². The molecule has 0 aromatic heterocycles. The summed E-state index contributed by atoms with van der Waals surface area (Å²) in [5, 5.41) is 0. The van der Waals surface area contributed by atoms with E-state index in [1.807, 2.05) is 18.2 Å². The van der Waals surface area contributed by atoms with Gasteiger partial charge in [-0.15, -0.1) is 0 Å². The van der Waals surface area contributed by atoms with Crippen LogP contribution in [0.15, 0.2) is 34.5 Å². The maximum atomic E-state index is 10.5. The fourth-order valence-electron chi connectivity index (χ4n) is 1.27. The fraction of sp³-hybridized carbons (Fsp3) is 0.100. The second-order valence-corrected chi connectivity index (χ2v) is 3.77. The van der Waals surface area contributed by atoms with Crippen LogP contribution in [-0.4, -0.2) is 6.29 Å². The van der Waals surface area contributed by atoms with Crippen LogP contribution in [0.25, 0.3) is 0 Å². The third kappa shape index (κ3) is 1.65. The van der Waals surface area contributed by atoms with E-state index in [-0.39, 0.29) is 0 Å². The van der Waals surface area contributed by atoms with Crippen molar-refractivity contribution in [2.75, 3.05) is 0 Å². The van der Waals surface area contributed by atoms with Crippen LogP contribution in [0.4, 0.5) is 0 Å². The lowest BCUT2D eigenvalue weighted by atomic mass is 10.0. The Morgan fingerprint density at radius 2 is 2.31 bits per heavy atom. The van der Waals surface area contributed by atoms with Crippen molar-refractivity contribution < 1.29 is 9.53 Å². The fourth-order valence-corrected chi connectivity index (χ4v) is 1.68. The topological polar surface area (TPSA) is 26.3 Å². The normalized spacial score (nSPS) is 14.1. The van der Waals surface area contributed by atoms with Crippen LogP contribution >= 0.6 is 15.9 Å². The molecule has 0 unspecified atom stereocenters. The smallest absolute Gasteiger partial charge is 0.149 e. The summed E-state index contributed by atoms with van der Waals surface area (Å²) in [7, 11) is 0. The quantitative estimate of drug-likeness (QED) is 0.703. The highest BCUT2D eigenvalue weighted by Gasteiger charge is 2.11. The van der Waals surface area contributed by atoms with Crippen molar-refractivity contribution >= 4 is 22.2 Å². The predicted octanol–water partition coefficient (Wildman–Crippen LogP) is 2.47. The van der Waals surface area contributed by atoms with Gasteiger partial charge in [0.05, 0.1) is 6.26 Å². The van der Waals surface area contributed by atoms with Gasteiger partial charge in [0, 0.05) is 22.0 Å². The molecule has 1 aliphatic heterocycles. The van der Waals surface area contributed by atoms with E-state index in [1.165, 1.54) is 6.26 Å². The molecule has 0 aliphatic carbocycles. The zero-order chi connectivity index (χ0) is 9.26. The van der Waals surface area contributed by atoms with Gasteiger partial charge in [-0.25, -0.2) is 0 Å². The molecule has 0 saturated carbocycles. The molecule has 1 aliphatic rings. The number of carbonyl (C=O) groups is 1. The maximum absolute atomic E-state index is 10.5. The first-order valence-electron chi connectivity index (χ1n) is 3.89. The number of ether oxygens (including phenoxy) is 1. The van der Waals surface area contributed by atoms with Gasteiger partial charge >= 0.3 is 0 Å². The molecule has 0 saturated heterocycles. The molecule has 3 heteroatoms. The van der Waals surface area contributed by atoms with Crippen molar-refractivity contribution in [1.82, 2.24) is 0 Å². The minimum atomic E-state index is 0.651. The molecule has 1 aromatic rings. The van der Waals surface area contributed by atoms with E-state index in [1.54, 1.807) is 0 Å². The van der Waals surface area contributed by atoms with Gasteiger partial charge in [-0.05, 0) is 18.2 Å². The molecule has 2 rings (SSSR count). The molecule has 0 spiro atoms. The van der Waals surface area contributed by atoms with Gasteiger partial charge in [0.1, 0.15) is 12.0 Å². The Morgan fingerprint density at radius 3 is 3.08 bits per heavy atom. The highest BCUT2D eigenvalue weighted by Crippen LogP contribution is 2.28. The molecule has 0 atom stereocenters. The number of aldehydes is 1. The Labute approximate surface area is 84.3 Å². The van der Waals surface area contributed by atoms with Crippen molar-refractivity contribution in [1.29, 1.82) is 0 Å². The van der Waals surface area contributed by atoms with Crippen molar-refractivity contribution in [2.45, 2.75) is 6.42 Å². The van der Waals surface area contributed by atoms with Crippen LogP contribution in [0.5, 0.6) is 5.75 Å². The Hall–Kier alpha value is -1.09. The highest BCUT2D eigenvalue weighted by molar-refractivity contribution is 9.10. The molecule has 1 aromatic carbocycles. The van der Waals surface area contributed by atoms with Crippen molar-refractivity contribution in [3.8, 4) is 5.75 Å². The van der Waals surface area contributed by atoms with Gasteiger partial charge in [0.2, 0.25) is 0 Å². The molecule has 0 bridgehead atoms. The van der Waals surface area contributed by atoms with Crippen LogP contribution < -0.4 is 4.74 Å². The molecular formula is C10H7BrO2. The molecular weight excluding hydrogens is 232 g/mol. The lowest BCUT2D eigenvalue weighted by Crippen LogP contribution is -2.03. The van der Waals surface area contributed by atoms with Crippen molar-refractivity contribution in [2.24, 2.45) is 0 Å². The Balaban J connectivity index is 2.39. The SMILES string of the molecule is O=CC1=COc2ccc(Br)cc2C1. The maximum Gasteiger partial charge on any atom is 0.149 e. The third-order valence-electron chi connectivity index (χ3n) is 1.91. The zero-order valence-electron chi connectivity index (χ0n) is 6.79. The zero-order valence-corrected chi connectivity index (χ0v) is 8.37. The summed E-state index contributed by atoms with van der Waals surface area (Å²) in [5.41, 5.74) is 1.71. The standard InChI is InChI=1S/C10H7BrO2/c11-9-1-2-10-8(4-9)3-7(5-12)6-13-10/h1-2,4-6H,3H2. The van der Waals surface area contributed by atoms with E-state index in [2.05, 4.69) is 15.9 Å². The minimum absolute atomic E-state index is 0.651. The van der Waals surface area contributed by atoms with Crippen LogP contribution in [0.1, 0.15) is 5.56 Å². The number of fused-ring (bicyclic) bond motifs is 1. The number of hydrogen-bond donors (Lipinski definition) is 0. The first-order chi connectivity index (χ1) is 6.29. The first-order valence-corrected chi connectivity index (χ1v) is 4.68. The number of halogens is 1. The largest absolute Gasteiger partial charge is 0.464 e. The molecule has 66 valence electrons. The average Bonchev–Trinajstić information content (AvgIpc) is 2.16. The number of hydrogen-bond acceptors (Lipinski definition) is 2. The van der Waals surface area contributed by atoms with Crippen LogP contribution in [0.2, 0.25) is 0 Å². The summed E-state index contributed by atoms with van der Waals surface area (Å²) in [4.78, 5) is 10.5. The average molecular weight is 239 g/mol. The number of allylic oxidation sites excluding steroid dienone is 1. The second-order valence-electron chi connectivity index (χ2n) is 2.86. The molecule has 2 nitrogen and oxygen atoms in total. The second kappa shape index (κ2) is 3.34. The summed E-state index contributed by atoms with van der Waals surface area (Å²) in [6.45, 7) is 0. The van der Waals surface area contributed by atoms with Gasteiger partial charge in [-0.3, -0.25) is 4.79 Å². The van der Waals surface area contributed by atoms with Gasteiger partial charge in [-0.2, -0.15) is 0 Å². The number of benzene rings is 1. The molecule has 0 radical (unpaired) electrons. The monoisotopic (exact) mass is 238 g/mol. The number of carbonyl (C=O) groups excluding carboxylic acids is 1. The van der Waals surface area contributed by atoms with Crippen LogP contribution in [-0.2, 0) is 11.2 Å². The van der Waals surface area contributed by atoms with E-state index < -0.39 is 0 Å². The summed E-state index contributed by atoms with van der Waals surface area (Å²) in [6, 6.07) is 5.77. The van der Waals surface area contributed by atoms with E-state index in [0.717, 1.165) is 22.1 Å². The van der Waals surface area contributed by atoms with Gasteiger partial charge in [-0.1, -0.05) is 15.9 Å². The summed E-state index contributed by atoms with van der Waals surface area (Å²) >= 11 is 3.37. The Morgan fingerprint density at radius 1 is 1.46 bits per heavy atom. The van der Waals surface area contributed by atoms with Crippen LogP contribution in [0.3, 0.4) is 0 Å². The summed E-state index contributed by atoms with van der Waals surface area (Å²) in [6.07, 6.45) is 2.98. The molecule has 0 N–H and O–H groups in total. The molecule has 0 amide bonds. The van der Waals surface area contributed by atoms with E-state index >= 15 is 0 Å². The molecule has 0 fully saturated rings. The first kappa shape index (κ1) is 8.51. The van der Waals surface area contributed by atoms with E-state index in [4.69, 9.17) is 4.74 Å². The summed E-state index contributed by atoms with van der Waals surface area (Å²) in [5.74, 6) is 0.828. The van der Waals surface area contributed by atoms with Crippen LogP contribution in [0, 0.1) is 0 Å². The Bertz CT molecular complexity index is 383. The van der Waals surface area contributed by atoms with Crippen molar-refractivity contribution in [3.05, 3.63) is 40.1 Å². The number of rotatable bonds is 1. The van der Waals surface area contributed by atoms with Crippen molar-refractivity contribution in [3.63, 3.8) is 0 Å². The predicted molar refractivity (Wildman–Crippen MR) is 52.6 cm³/mol. The molecule has 13 heavy (non-hydrogen) atoms. The lowest BCUT2D eigenvalue weighted by Gasteiger charge is -2.14. The van der Waals surface area contributed by atoms with E-state index in [0.29, 0.717) is 12.0 Å². The lowest BCUT2D eigenvalue weighted by molar-refractivity contribution is -0.105. The van der Waals surface area contributed by atoms with Gasteiger partial charge in [0.15, 0.2) is 0 Å². The molecule has 1 heterocycles. The summed E-state index contributed by atoms with van der Waals surface area (Å²) < 4.78 is 6.27. The van der Waals surface area contributed by atoms with Gasteiger partial charge in [0.25, 0.3) is 0 Å².